The number of hydrogen-bond acceptors (Lipinski definition) is 3. The number of aromatic nitrogens is 1. The van der Waals surface area contributed by atoms with Crippen LogP contribution in [0.5, 0.6) is 0 Å². The van der Waals surface area contributed by atoms with Crippen molar-refractivity contribution < 1.29 is 0 Å². The van der Waals surface area contributed by atoms with Crippen molar-refractivity contribution in [3.8, 4) is 0 Å². The Labute approximate surface area is 126 Å². The van der Waals surface area contributed by atoms with Crippen LogP contribution in [-0.4, -0.2) is 12.0 Å². The predicted molar refractivity (Wildman–Crippen MR) is 84.2 cm³/mol. The highest BCUT2D eigenvalue weighted by molar-refractivity contribution is 7.12. The zero-order valence-electron chi connectivity index (χ0n) is 12.9. The van der Waals surface area contributed by atoms with E-state index in [9.17, 15) is 0 Å². The summed E-state index contributed by atoms with van der Waals surface area (Å²) in [7, 11) is 2.05. The summed E-state index contributed by atoms with van der Waals surface area (Å²) < 4.78 is 0. The highest BCUT2D eigenvalue weighted by Crippen LogP contribution is 2.61. The molecular weight excluding hydrogens is 264 g/mol. The highest BCUT2D eigenvalue weighted by Gasteiger charge is 2.53. The van der Waals surface area contributed by atoms with E-state index in [-0.39, 0.29) is 0 Å². The highest BCUT2D eigenvalue weighted by atomic mass is 32.1. The molecule has 1 N–H and O–H groups in total. The third-order valence-electron chi connectivity index (χ3n) is 6.15. The van der Waals surface area contributed by atoms with Gasteiger partial charge in [-0.15, -0.1) is 11.3 Å². The fraction of sp³-hybridized carbons (Fsp3) is 0.824. The molecule has 4 bridgehead atoms. The third-order valence-corrected chi connectivity index (χ3v) is 7.74. The molecule has 0 aliphatic heterocycles. The van der Waals surface area contributed by atoms with Gasteiger partial charge in [-0.25, -0.2) is 4.98 Å². The quantitative estimate of drug-likeness (QED) is 0.902. The zero-order valence-corrected chi connectivity index (χ0v) is 13.7. The van der Waals surface area contributed by atoms with Crippen molar-refractivity contribution in [2.45, 2.75) is 63.8 Å². The van der Waals surface area contributed by atoms with Gasteiger partial charge >= 0.3 is 0 Å². The van der Waals surface area contributed by atoms with Gasteiger partial charge in [-0.3, -0.25) is 0 Å². The SMILES string of the molecule is CNC(C)c1sc(C23CC4CC(CC(C4)C2)C3)nc1C. The van der Waals surface area contributed by atoms with Gasteiger partial charge in [-0.1, -0.05) is 0 Å². The Morgan fingerprint density at radius 3 is 2.20 bits per heavy atom. The number of nitrogens with one attached hydrogen (secondary N) is 1. The van der Waals surface area contributed by atoms with Crippen LogP contribution in [0, 0.1) is 24.7 Å². The second kappa shape index (κ2) is 4.54. The topological polar surface area (TPSA) is 24.9 Å². The Bertz CT molecular complexity index is 484. The molecule has 20 heavy (non-hydrogen) atoms. The molecule has 5 rings (SSSR count). The maximum absolute atomic E-state index is 5.05. The van der Waals surface area contributed by atoms with Crippen LogP contribution in [0.2, 0.25) is 0 Å². The Hall–Kier alpha value is -0.410. The first kappa shape index (κ1) is 13.3. The maximum atomic E-state index is 5.05. The fourth-order valence-corrected chi connectivity index (χ4v) is 6.89. The summed E-state index contributed by atoms with van der Waals surface area (Å²) >= 11 is 2.01. The minimum Gasteiger partial charge on any atom is -0.312 e. The number of thiazole rings is 1. The third kappa shape index (κ3) is 1.89. The molecule has 0 saturated heterocycles. The molecule has 0 amide bonds. The first-order chi connectivity index (χ1) is 9.59. The van der Waals surface area contributed by atoms with E-state index in [0.29, 0.717) is 11.5 Å². The predicted octanol–water partition coefficient (Wildman–Crippen LogP) is 4.20. The van der Waals surface area contributed by atoms with E-state index in [1.54, 1.807) is 0 Å². The first-order valence-corrected chi connectivity index (χ1v) is 9.06. The Balaban J connectivity index is 1.70. The summed E-state index contributed by atoms with van der Waals surface area (Å²) in [6.45, 7) is 4.45. The average molecular weight is 290 g/mol. The molecule has 1 unspecified atom stereocenters. The summed E-state index contributed by atoms with van der Waals surface area (Å²) in [5.74, 6) is 3.03. The van der Waals surface area contributed by atoms with Crippen molar-refractivity contribution in [2.24, 2.45) is 17.8 Å². The lowest BCUT2D eigenvalue weighted by Crippen LogP contribution is -2.48. The van der Waals surface area contributed by atoms with Gasteiger partial charge in [0.1, 0.15) is 0 Å². The van der Waals surface area contributed by atoms with E-state index >= 15 is 0 Å². The van der Waals surface area contributed by atoms with Gasteiger partial charge in [0.05, 0.1) is 10.7 Å². The van der Waals surface area contributed by atoms with Gasteiger partial charge < -0.3 is 5.32 Å². The van der Waals surface area contributed by atoms with Gasteiger partial charge in [0.15, 0.2) is 0 Å². The van der Waals surface area contributed by atoms with Crippen molar-refractivity contribution in [1.29, 1.82) is 0 Å². The standard InChI is InChI=1S/C17H26N2S/c1-10(18-3)15-11(2)19-16(20-15)17-7-12-4-13(8-17)6-14(5-12)9-17/h10,12-14,18H,4-9H2,1-3H3. The lowest BCUT2D eigenvalue weighted by atomic mass is 9.50. The molecule has 4 fully saturated rings. The molecule has 0 radical (unpaired) electrons. The van der Waals surface area contributed by atoms with Crippen LogP contribution in [0.1, 0.15) is 67.1 Å². The molecule has 4 aliphatic rings. The molecular formula is C17H26N2S. The summed E-state index contributed by atoms with van der Waals surface area (Å²) in [4.78, 5) is 6.50. The number of aryl methyl sites for hydroxylation is 1. The Morgan fingerprint density at radius 1 is 1.15 bits per heavy atom. The van der Waals surface area contributed by atoms with Crippen molar-refractivity contribution in [2.75, 3.05) is 7.05 Å². The second-order valence-electron chi connectivity index (χ2n) is 7.68. The minimum absolute atomic E-state index is 0.440. The van der Waals surface area contributed by atoms with Crippen LogP contribution in [-0.2, 0) is 5.41 Å². The minimum atomic E-state index is 0.440. The average Bonchev–Trinajstić information content (AvgIpc) is 2.79. The van der Waals surface area contributed by atoms with Gasteiger partial charge in [0.2, 0.25) is 0 Å². The van der Waals surface area contributed by atoms with Crippen LogP contribution >= 0.6 is 11.3 Å². The van der Waals surface area contributed by atoms with E-state index in [1.165, 1.54) is 54.1 Å². The molecule has 110 valence electrons. The monoisotopic (exact) mass is 290 g/mol. The molecule has 4 aliphatic carbocycles. The van der Waals surface area contributed by atoms with Gasteiger partial charge in [0.25, 0.3) is 0 Å². The number of nitrogens with zero attached hydrogens (tertiary/aromatic N) is 1. The van der Waals surface area contributed by atoms with Crippen molar-refractivity contribution in [1.82, 2.24) is 10.3 Å². The van der Waals surface area contributed by atoms with Crippen molar-refractivity contribution in [3.63, 3.8) is 0 Å². The molecule has 0 aromatic carbocycles. The van der Waals surface area contributed by atoms with Crippen LogP contribution in [0.15, 0.2) is 0 Å². The van der Waals surface area contributed by atoms with E-state index in [1.807, 2.05) is 18.4 Å². The largest absolute Gasteiger partial charge is 0.312 e. The van der Waals surface area contributed by atoms with Crippen LogP contribution < -0.4 is 5.32 Å². The smallest absolute Gasteiger partial charge is 0.0993 e. The van der Waals surface area contributed by atoms with Crippen LogP contribution in [0.3, 0.4) is 0 Å². The molecule has 2 nitrogen and oxygen atoms in total. The van der Waals surface area contributed by atoms with Crippen LogP contribution in [0.25, 0.3) is 0 Å². The van der Waals surface area contributed by atoms with E-state index in [2.05, 4.69) is 19.2 Å². The molecule has 1 aromatic heterocycles. The van der Waals surface area contributed by atoms with E-state index in [4.69, 9.17) is 4.98 Å². The molecule has 1 aromatic rings. The molecule has 4 saturated carbocycles. The normalized spacial score (nSPS) is 40.2. The van der Waals surface area contributed by atoms with E-state index < -0.39 is 0 Å². The Kier molecular flexibility index (Phi) is 3.01. The Morgan fingerprint density at radius 2 is 1.70 bits per heavy atom. The van der Waals surface area contributed by atoms with Gasteiger partial charge in [0, 0.05) is 16.3 Å². The summed E-state index contributed by atoms with van der Waals surface area (Å²) in [6, 6.07) is 0.440. The number of hydrogen-bond donors (Lipinski definition) is 1. The number of rotatable bonds is 3. The molecule has 0 spiro atoms. The molecule has 1 atom stereocenters. The van der Waals surface area contributed by atoms with Gasteiger partial charge in [-0.2, -0.15) is 0 Å². The lowest BCUT2D eigenvalue weighted by molar-refractivity contribution is -0.00531. The zero-order chi connectivity index (χ0) is 13.9. The first-order valence-electron chi connectivity index (χ1n) is 8.25. The second-order valence-corrected chi connectivity index (χ2v) is 8.71. The lowest BCUT2D eigenvalue weighted by Gasteiger charge is -2.56. The van der Waals surface area contributed by atoms with Crippen molar-refractivity contribution >= 4 is 11.3 Å². The molecule has 3 heteroatoms. The van der Waals surface area contributed by atoms with E-state index in [0.717, 1.165) is 17.8 Å². The summed E-state index contributed by atoms with van der Waals surface area (Å²) in [6.07, 6.45) is 8.84. The van der Waals surface area contributed by atoms with Gasteiger partial charge in [-0.05, 0) is 77.2 Å². The van der Waals surface area contributed by atoms with Crippen molar-refractivity contribution in [3.05, 3.63) is 15.6 Å². The maximum Gasteiger partial charge on any atom is 0.0993 e. The summed E-state index contributed by atoms with van der Waals surface area (Å²) in [5, 5.41) is 4.86. The van der Waals surface area contributed by atoms with Crippen LogP contribution in [0.4, 0.5) is 0 Å². The summed E-state index contributed by atoms with van der Waals surface area (Å²) in [5.41, 5.74) is 1.73. The fourth-order valence-electron chi connectivity index (χ4n) is 5.54. The molecule has 1 heterocycles.